The lowest BCUT2D eigenvalue weighted by Crippen LogP contribution is -2.12. The van der Waals surface area contributed by atoms with Gasteiger partial charge < -0.3 is 5.11 Å². The average Bonchev–Trinajstić information content (AvgIpc) is 2.73. The summed E-state index contributed by atoms with van der Waals surface area (Å²) in [6, 6.07) is 7.96. The van der Waals surface area contributed by atoms with Crippen LogP contribution in [0.1, 0.15) is 29.8 Å². The van der Waals surface area contributed by atoms with Gasteiger partial charge in [-0.25, -0.2) is 0 Å². The van der Waals surface area contributed by atoms with Crippen molar-refractivity contribution in [2.45, 2.75) is 32.7 Å². The summed E-state index contributed by atoms with van der Waals surface area (Å²) >= 11 is 9.89. The number of hydrogen-bond acceptors (Lipinski definition) is 2. The molecule has 0 aliphatic carbocycles. The van der Waals surface area contributed by atoms with E-state index >= 15 is 0 Å². The van der Waals surface area contributed by atoms with Crippen LogP contribution in [0.15, 0.2) is 28.7 Å². The summed E-state index contributed by atoms with van der Waals surface area (Å²) in [5, 5.41) is 14.9. The molecule has 0 radical (unpaired) electrons. The Morgan fingerprint density at radius 2 is 2.10 bits per heavy atom. The molecule has 0 aliphatic heterocycles. The number of aliphatic hydroxyl groups excluding tert-OH is 1. The number of halogens is 2. The van der Waals surface area contributed by atoms with Crippen LogP contribution in [0.25, 0.3) is 0 Å². The maximum Gasteiger partial charge on any atom is 0.0847 e. The molecule has 1 heterocycles. The monoisotopic (exact) mass is 356 g/mol. The summed E-state index contributed by atoms with van der Waals surface area (Å²) in [4.78, 5) is 0. The van der Waals surface area contributed by atoms with E-state index in [2.05, 4.69) is 21.0 Å². The molecule has 0 amide bonds. The van der Waals surface area contributed by atoms with E-state index in [1.807, 2.05) is 42.8 Å². The number of aromatic nitrogens is 2. The molecule has 1 atom stereocenters. The number of aryl methyl sites for hydroxylation is 2. The van der Waals surface area contributed by atoms with Crippen LogP contribution in [0, 0.1) is 6.92 Å². The van der Waals surface area contributed by atoms with Gasteiger partial charge in [-0.2, -0.15) is 5.10 Å². The van der Waals surface area contributed by atoms with E-state index in [1.165, 1.54) is 0 Å². The highest BCUT2D eigenvalue weighted by atomic mass is 79.9. The van der Waals surface area contributed by atoms with Crippen LogP contribution in [0.4, 0.5) is 0 Å². The van der Waals surface area contributed by atoms with Gasteiger partial charge >= 0.3 is 0 Å². The van der Waals surface area contributed by atoms with Crippen molar-refractivity contribution in [1.29, 1.82) is 0 Å². The van der Waals surface area contributed by atoms with E-state index in [0.717, 1.165) is 28.0 Å². The maximum absolute atomic E-state index is 9.73. The van der Waals surface area contributed by atoms with Crippen LogP contribution in [-0.2, 0) is 13.0 Å². The molecule has 0 spiro atoms. The molecule has 5 heteroatoms. The van der Waals surface area contributed by atoms with E-state index in [4.69, 9.17) is 11.6 Å². The van der Waals surface area contributed by atoms with Gasteiger partial charge in [-0.05, 0) is 31.9 Å². The highest BCUT2D eigenvalue weighted by molar-refractivity contribution is 9.10. The van der Waals surface area contributed by atoms with Crippen LogP contribution < -0.4 is 0 Å². The predicted molar refractivity (Wildman–Crippen MR) is 85.3 cm³/mol. The zero-order chi connectivity index (χ0) is 14.7. The Morgan fingerprint density at radius 1 is 1.40 bits per heavy atom. The third kappa shape index (κ3) is 3.08. The molecular weight excluding hydrogens is 340 g/mol. The van der Waals surface area contributed by atoms with Crippen LogP contribution in [0.2, 0.25) is 5.02 Å². The van der Waals surface area contributed by atoms with Gasteiger partial charge in [-0.15, -0.1) is 0 Å². The molecule has 1 unspecified atom stereocenters. The van der Waals surface area contributed by atoms with Gasteiger partial charge in [0, 0.05) is 16.9 Å². The van der Waals surface area contributed by atoms with Crippen molar-refractivity contribution < 1.29 is 5.11 Å². The topological polar surface area (TPSA) is 38.0 Å². The molecule has 0 bridgehead atoms. The normalized spacial score (nSPS) is 12.7. The number of rotatable bonds is 5. The quantitative estimate of drug-likeness (QED) is 0.880. The summed E-state index contributed by atoms with van der Waals surface area (Å²) in [7, 11) is 0. The predicted octanol–water partition coefficient (Wildman–Crippen LogP) is 3.95. The molecule has 3 nitrogen and oxygen atoms in total. The molecule has 1 aromatic heterocycles. The van der Waals surface area contributed by atoms with Crippen LogP contribution in [0.3, 0.4) is 0 Å². The fourth-order valence-electron chi connectivity index (χ4n) is 2.38. The molecule has 1 N–H and O–H groups in total. The third-order valence-electron chi connectivity index (χ3n) is 3.46. The second kappa shape index (κ2) is 6.74. The molecule has 0 saturated heterocycles. The molecule has 20 heavy (non-hydrogen) atoms. The Kier molecular flexibility index (Phi) is 5.24. The van der Waals surface area contributed by atoms with E-state index in [-0.39, 0.29) is 12.5 Å². The minimum absolute atomic E-state index is 0.00414. The largest absolute Gasteiger partial charge is 0.396 e. The molecule has 2 rings (SSSR count). The summed E-state index contributed by atoms with van der Waals surface area (Å²) in [6.07, 6.45) is 0.673. The Hall–Kier alpha value is -0.840. The molecule has 108 valence electrons. The van der Waals surface area contributed by atoms with E-state index < -0.39 is 0 Å². The second-order valence-corrected chi connectivity index (χ2v) is 6.00. The first-order valence-electron chi connectivity index (χ1n) is 6.65. The Balaban J connectivity index is 2.34. The van der Waals surface area contributed by atoms with E-state index in [0.29, 0.717) is 11.4 Å². The van der Waals surface area contributed by atoms with E-state index in [9.17, 15) is 5.11 Å². The lowest BCUT2D eigenvalue weighted by molar-refractivity contribution is 0.262. The third-order valence-corrected chi connectivity index (χ3v) is 4.67. The highest BCUT2D eigenvalue weighted by Gasteiger charge is 2.20. The SMILES string of the molecule is CCn1nc(C)c(Cl)c1CC(CO)c1ccccc1Br. The Bertz CT molecular complexity index is 598. The zero-order valence-corrected chi connectivity index (χ0v) is 13.9. The fraction of sp³-hybridized carbons (Fsp3) is 0.400. The fourth-order valence-corrected chi connectivity index (χ4v) is 3.20. The number of hydrogen-bond donors (Lipinski definition) is 1. The maximum atomic E-state index is 9.73. The standard InChI is InChI=1S/C15H18BrClN2O/c1-3-19-14(15(17)10(2)18-19)8-11(9-20)12-6-4-5-7-13(12)16/h4-7,11,20H,3,8-9H2,1-2H3. The number of aliphatic hydroxyl groups is 1. The first-order chi connectivity index (χ1) is 9.58. The van der Waals surface area contributed by atoms with Crippen LogP contribution in [-0.4, -0.2) is 21.5 Å². The molecule has 1 aromatic carbocycles. The minimum Gasteiger partial charge on any atom is -0.396 e. The Labute approximate surface area is 132 Å². The van der Waals surface area contributed by atoms with E-state index in [1.54, 1.807) is 0 Å². The van der Waals surface area contributed by atoms with Crippen molar-refractivity contribution in [3.8, 4) is 0 Å². The highest BCUT2D eigenvalue weighted by Crippen LogP contribution is 2.30. The molecular formula is C15H18BrClN2O. The van der Waals surface area contributed by atoms with Gasteiger partial charge in [0.25, 0.3) is 0 Å². The van der Waals surface area contributed by atoms with Crippen molar-refractivity contribution in [2.75, 3.05) is 6.61 Å². The zero-order valence-electron chi connectivity index (χ0n) is 11.6. The van der Waals surface area contributed by atoms with Crippen molar-refractivity contribution in [2.24, 2.45) is 0 Å². The van der Waals surface area contributed by atoms with Crippen LogP contribution in [0.5, 0.6) is 0 Å². The lowest BCUT2D eigenvalue weighted by Gasteiger charge is -2.17. The van der Waals surface area contributed by atoms with Gasteiger partial charge in [0.15, 0.2) is 0 Å². The number of benzene rings is 1. The van der Waals surface area contributed by atoms with Crippen LogP contribution >= 0.6 is 27.5 Å². The Morgan fingerprint density at radius 3 is 2.70 bits per heavy atom. The average molecular weight is 358 g/mol. The van der Waals surface area contributed by atoms with Gasteiger partial charge in [0.2, 0.25) is 0 Å². The summed E-state index contributed by atoms with van der Waals surface area (Å²) in [5.41, 5.74) is 2.92. The molecule has 2 aromatic rings. The lowest BCUT2D eigenvalue weighted by atomic mass is 9.95. The van der Waals surface area contributed by atoms with Gasteiger partial charge in [-0.1, -0.05) is 45.7 Å². The van der Waals surface area contributed by atoms with Gasteiger partial charge in [0.05, 0.1) is 23.0 Å². The van der Waals surface area contributed by atoms with Gasteiger partial charge in [-0.3, -0.25) is 4.68 Å². The minimum atomic E-state index is 0.00414. The molecule has 0 aliphatic rings. The summed E-state index contributed by atoms with van der Waals surface area (Å²) in [6.45, 7) is 4.80. The smallest absolute Gasteiger partial charge is 0.0847 e. The van der Waals surface area contributed by atoms with Crippen molar-refractivity contribution >= 4 is 27.5 Å². The van der Waals surface area contributed by atoms with Gasteiger partial charge in [0.1, 0.15) is 0 Å². The first-order valence-corrected chi connectivity index (χ1v) is 7.82. The van der Waals surface area contributed by atoms with Crippen molar-refractivity contribution in [3.63, 3.8) is 0 Å². The van der Waals surface area contributed by atoms with Crippen molar-refractivity contribution in [1.82, 2.24) is 9.78 Å². The number of nitrogens with zero attached hydrogens (tertiary/aromatic N) is 2. The summed E-state index contributed by atoms with van der Waals surface area (Å²) in [5.74, 6) is 0.00414. The second-order valence-electron chi connectivity index (χ2n) is 4.77. The summed E-state index contributed by atoms with van der Waals surface area (Å²) < 4.78 is 2.92. The van der Waals surface area contributed by atoms with Crippen molar-refractivity contribution in [3.05, 3.63) is 50.7 Å². The first kappa shape index (κ1) is 15.5. The molecule has 0 saturated carbocycles. The molecule has 0 fully saturated rings.